The second kappa shape index (κ2) is 5.73. The van der Waals surface area contributed by atoms with Crippen LogP contribution in [-0.2, 0) is 0 Å². The van der Waals surface area contributed by atoms with Gasteiger partial charge in [-0.25, -0.2) is 0 Å². The highest BCUT2D eigenvalue weighted by molar-refractivity contribution is 4.92. The van der Waals surface area contributed by atoms with E-state index in [1.54, 1.807) is 0 Å². The molecule has 0 aromatic rings. The number of hydrogen-bond donors (Lipinski definition) is 1. The minimum absolute atomic E-state index is 0.477. The molecule has 112 valence electrons. The molecule has 19 heavy (non-hydrogen) atoms. The lowest BCUT2D eigenvalue weighted by atomic mass is 9.73. The first-order valence-corrected chi connectivity index (χ1v) is 8.26. The molecular formula is C17H34N2. The highest BCUT2D eigenvalue weighted by Crippen LogP contribution is 2.40. The van der Waals surface area contributed by atoms with Crippen molar-refractivity contribution in [3.8, 4) is 0 Å². The van der Waals surface area contributed by atoms with Crippen LogP contribution in [0.3, 0.4) is 0 Å². The van der Waals surface area contributed by atoms with Crippen molar-refractivity contribution >= 4 is 0 Å². The molecule has 0 spiro atoms. The third-order valence-electron chi connectivity index (χ3n) is 6.05. The van der Waals surface area contributed by atoms with E-state index < -0.39 is 0 Å². The van der Waals surface area contributed by atoms with Gasteiger partial charge >= 0.3 is 0 Å². The van der Waals surface area contributed by atoms with Crippen molar-refractivity contribution in [3.05, 3.63) is 0 Å². The van der Waals surface area contributed by atoms with E-state index in [0.29, 0.717) is 10.8 Å². The first-order valence-electron chi connectivity index (χ1n) is 8.26. The maximum atomic E-state index is 3.49. The summed E-state index contributed by atoms with van der Waals surface area (Å²) in [4.78, 5) is 2.74. The summed E-state index contributed by atoms with van der Waals surface area (Å²) in [6.07, 6.45) is 4.11. The molecule has 1 unspecified atom stereocenters. The maximum absolute atomic E-state index is 3.49. The van der Waals surface area contributed by atoms with E-state index in [4.69, 9.17) is 0 Å². The van der Waals surface area contributed by atoms with Crippen molar-refractivity contribution in [1.82, 2.24) is 10.2 Å². The fourth-order valence-corrected chi connectivity index (χ4v) is 4.00. The first-order chi connectivity index (χ1) is 8.83. The molecule has 1 atom stereocenters. The van der Waals surface area contributed by atoms with Gasteiger partial charge in [0, 0.05) is 13.1 Å². The van der Waals surface area contributed by atoms with Crippen LogP contribution in [0.4, 0.5) is 0 Å². The number of rotatable bonds is 4. The van der Waals surface area contributed by atoms with Gasteiger partial charge < -0.3 is 10.2 Å². The average Bonchev–Trinajstić information content (AvgIpc) is 2.73. The molecule has 2 rings (SSSR count). The van der Waals surface area contributed by atoms with Crippen molar-refractivity contribution in [2.45, 2.75) is 53.9 Å². The van der Waals surface area contributed by atoms with Gasteiger partial charge in [0.15, 0.2) is 0 Å². The van der Waals surface area contributed by atoms with Gasteiger partial charge in [-0.2, -0.15) is 0 Å². The summed E-state index contributed by atoms with van der Waals surface area (Å²) in [5, 5.41) is 3.49. The summed E-state index contributed by atoms with van der Waals surface area (Å²) in [6, 6.07) is 0. The SMILES string of the molecule is CC(C)C1(C)CCN(CC(C)(C)C2CCNCC2)C1. The standard InChI is InChI=1S/C17H34N2/c1-14(2)17(5)8-11-19(13-17)12-16(3,4)15-6-9-18-10-7-15/h14-15,18H,6-13H2,1-5H3. The van der Waals surface area contributed by atoms with Crippen molar-refractivity contribution in [3.63, 3.8) is 0 Å². The van der Waals surface area contributed by atoms with E-state index in [1.807, 2.05) is 0 Å². The molecule has 2 heterocycles. The van der Waals surface area contributed by atoms with E-state index in [0.717, 1.165) is 11.8 Å². The minimum Gasteiger partial charge on any atom is -0.317 e. The van der Waals surface area contributed by atoms with Gasteiger partial charge in [0.1, 0.15) is 0 Å². The van der Waals surface area contributed by atoms with Gasteiger partial charge in [-0.05, 0) is 61.6 Å². The molecule has 0 saturated carbocycles. The Morgan fingerprint density at radius 1 is 1.26 bits per heavy atom. The van der Waals surface area contributed by atoms with E-state index in [1.165, 1.54) is 52.0 Å². The Kier molecular flexibility index (Phi) is 4.62. The normalized spacial score (nSPS) is 31.3. The largest absolute Gasteiger partial charge is 0.317 e. The fourth-order valence-electron chi connectivity index (χ4n) is 4.00. The van der Waals surface area contributed by atoms with Crippen LogP contribution in [0.5, 0.6) is 0 Å². The number of nitrogens with zero attached hydrogens (tertiary/aromatic N) is 1. The van der Waals surface area contributed by atoms with Crippen molar-refractivity contribution in [2.24, 2.45) is 22.7 Å². The van der Waals surface area contributed by atoms with Gasteiger partial charge in [-0.3, -0.25) is 0 Å². The highest BCUT2D eigenvalue weighted by Gasteiger charge is 2.39. The Bertz CT molecular complexity index is 292. The first kappa shape index (κ1) is 15.3. The number of piperidine rings is 1. The Labute approximate surface area is 120 Å². The molecule has 2 nitrogen and oxygen atoms in total. The molecular weight excluding hydrogens is 232 g/mol. The topological polar surface area (TPSA) is 15.3 Å². The quantitative estimate of drug-likeness (QED) is 0.839. The predicted octanol–water partition coefficient (Wildman–Crippen LogP) is 3.38. The number of hydrogen-bond acceptors (Lipinski definition) is 2. The number of likely N-dealkylation sites (tertiary alicyclic amines) is 1. The van der Waals surface area contributed by atoms with Crippen LogP contribution in [0, 0.1) is 22.7 Å². The Balaban J connectivity index is 1.90. The molecule has 2 aliphatic heterocycles. The molecule has 0 aliphatic carbocycles. The third kappa shape index (κ3) is 3.52. The average molecular weight is 266 g/mol. The summed E-state index contributed by atoms with van der Waals surface area (Å²) in [5.41, 5.74) is 1.02. The van der Waals surface area contributed by atoms with E-state index in [2.05, 4.69) is 44.8 Å². The molecule has 2 saturated heterocycles. The summed E-state index contributed by atoms with van der Waals surface area (Å²) < 4.78 is 0. The lowest BCUT2D eigenvalue weighted by Gasteiger charge is -2.40. The maximum Gasteiger partial charge on any atom is 0.00385 e. The predicted molar refractivity (Wildman–Crippen MR) is 83.4 cm³/mol. The Hall–Kier alpha value is -0.0800. The summed E-state index contributed by atoms with van der Waals surface area (Å²) in [6.45, 7) is 18.6. The zero-order chi connectivity index (χ0) is 14.1. The molecule has 0 bridgehead atoms. The molecule has 2 fully saturated rings. The van der Waals surface area contributed by atoms with Gasteiger partial charge in [-0.1, -0.05) is 34.6 Å². The van der Waals surface area contributed by atoms with Crippen LogP contribution < -0.4 is 5.32 Å². The fraction of sp³-hybridized carbons (Fsp3) is 1.00. The van der Waals surface area contributed by atoms with Crippen molar-refractivity contribution in [1.29, 1.82) is 0 Å². The zero-order valence-electron chi connectivity index (χ0n) is 13.8. The third-order valence-corrected chi connectivity index (χ3v) is 6.05. The Morgan fingerprint density at radius 2 is 1.89 bits per heavy atom. The zero-order valence-corrected chi connectivity index (χ0v) is 13.8. The van der Waals surface area contributed by atoms with Crippen LogP contribution in [0.15, 0.2) is 0 Å². The van der Waals surface area contributed by atoms with Crippen molar-refractivity contribution < 1.29 is 0 Å². The summed E-state index contributed by atoms with van der Waals surface area (Å²) in [7, 11) is 0. The Morgan fingerprint density at radius 3 is 2.42 bits per heavy atom. The molecule has 1 N–H and O–H groups in total. The smallest absolute Gasteiger partial charge is 0.00385 e. The van der Waals surface area contributed by atoms with Crippen LogP contribution in [0.1, 0.15) is 53.9 Å². The summed E-state index contributed by atoms with van der Waals surface area (Å²) >= 11 is 0. The van der Waals surface area contributed by atoms with Gasteiger partial charge in [0.05, 0.1) is 0 Å². The summed E-state index contributed by atoms with van der Waals surface area (Å²) in [5.74, 6) is 1.71. The van der Waals surface area contributed by atoms with Gasteiger partial charge in [0.25, 0.3) is 0 Å². The molecule has 0 aromatic carbocycles. The van der Waals surface area contributed by atoms with Crippen molar-refractivity contribution in [2.75, 3.05) is 32.7 Å². The monoisotopic (exact) mass is 266 g/mol. The van der Waals surface area contributed by atoms with Crippen LogP contribution in [0.25, 0.3) is 0 Å². The molecule has 2 heteroatoms. The second-order valence-corrected chi connectivity index (χ2v) is 8.28. The van der Waals surface area contributed by atoms with E-state index >= 15 is 0 Å². The lowest BCUT2D eigenvalue weighted by molar-refractivity contribution is 0.0988. The van der Waals surface area contributed by atoms with Crippen LogP contribution in [0.2, 0.25) is 0 Å². The van der Waals surface area contributed by atoms with E-state index in [-0.39, 0.29) is 0 Å². The molecule has 0 aromatic heterocycles. The van der Waals surface area contributed by atoms with Crippen LogP contribution in [-0.4, -0.2) is 37.6 Å². The molecule has 2 aliphatic rings. The highest BCUT2D eigenvalue weighted by atomic mass is 15.2. The minimum atomic E-state index is 0.477. The molecule has 0 amide bonds. The lowest BCUT2D eigenvalue weighted by Crippen LogP contribution is -2.43. The van der Waals surface area contributed by atoms with E-state index in [9.17, 15) is 0 Å². The molecule has 0 radical (unpaired) electrons. The van der Waals surface area contributed by atoms with Gasteiger partial charge in [0.2, 0.25) is 0 Å². The number of nitrogens with one attached hydrogen (secondary N) is 1. The second-order valence-electron chi connectivity index (χ2n) is 8.28. The van der Waals surface area contributed by atoms with Gasteiger partial charge in [-0.15, -0.1) is 0 Å². The van der Waals surface area contributed by atoms with Crippen LogP contribution >= 0.6 is 0 Å².